The molecule has 3 N–H and O–H groups in total. The lowest BCUT2D eigenvalue weighted by Gasteiger charge is -2.43. The topological polar surface area (TPSA) is 105 Å². The number of carbonyl (C=O) groups excluding carboxylic acids is 2. The van der Waals surface area contributed by atoms with Crippen LogP contribution in [0, 0.1) is 5.92 Å². The number of nitrogens with one attached hydrogen (secondary N) is 2. The zero-order chi connectivity index (χ0) is 23.9. The van der Waals surface area contributed by atoms with Crippen molar-refractivity contribution in [2.45, 2.75) is 62.4 Å². The third kappa shape index (κ3) is 4.04. The highest BCUT2D eigenvalue weighted by Crippen LogP contribution is 2.45. The molecule has 0 radical (unpaired) electrons. The van der Waals surface area contributed by atoms with Gasteiger partial charge in [0.1, 0.15) is 12.1 Å². The van der Waals surface area contributed by atoms with Gasteiger partial charge in [0.2, 0.25) is 5.91 Å². The molecule has 2 amide bonds. The third-order valence-electron chi connectivity index (χ3n) is 7.72. The number of hydrogen-bond acceptors (Lipinski definition) is 4. The lowest BCUT2D eigenvalue weighted by molar-refractivity contribution is -0.140. The standard InChI is InChI=1S/C27H30N2O5/c1-26(15-23(30)31,17-11-12-17)28-24(32)27(13-6-14-27)29-25(33)34-16-22-20-9-4-2-7-18(20)19-8-3-5-10-21(19)22/h2-5,7-10,17,22H,6,11-16H2,1H3,(H,28,32)(H,29,33)(H,30,31). The van der Waals surface area contributed by atoms with Gasteiger partial charge in [0.05, 0.1) is 12.0 Å². The second kappa shape index (κ2) is 8.46. The summed E-state index contributed by atoms with van der Waals surface area (Å²) in [6.07, 6.45) is 2.88. The Labute approximate surface area is 198 Å². The molecule has 0 heterocycles. The van der Waals surface area contributed by atoms with Gasteiger partial charge in [-0.25, -0.2) is 4.79 Å². The zero-order valence-electron chi connectivity index (χ0n) is 19.3. The number of hydrogen-bond donors (Lipinski definition) is 3. The van der Waals surface area contributed by atoms with Crippen LogP contribution in [-0.4, -0.2) is 40.8 Å². The molecule has 178 valence electrons. The minimum absolute atomic E-state index is 0.0574. The van der Waals surface area contributed by atoms with Crippen molar-refractivity contribution in [1.82, 2.24) is 10.6 Å². The van der Waals surface area contributed by atoms with E-state index < -0.39 is 23.1 Å². The van der Waals surface area contributed by atoms with Gasteiger partial charge in [-0.3, -0.25) is 9.59 Å². The molecule has 0 aliphatic heterocycles. The monoisotopic (exact) mass is 462 g/mol. The second-order valence-corrected chi connectivity index (χ2v) is 10.1. The first-order valence-electron chi connectivity index (χ1n) is 12.0. The Morgan fingerprint density at radius 2 is 1.62 bits per heavy atom. The molecule has 7 heteroatoms. The molecular formula is C27H30N2O5. The van der Waals surface area contributed by atoms with Gasteiger partial charge in [-0.05, 0) is 67.2 Å². The van der Waals surface area contributed by atoms with Crippen molar-refractivity contribution >= 4 is 18.0 Å². The van der Waals surface area contributed by atoms with E-state index in [1.54, 1.807) is 6.92 Å². The maximum absolute atomic E-state index is 13.2. The third-order valence-corrected chi connectivity index (χ3v) is 7.72. The Morgan fingerprint density at radius 1 is 1.03 bits per heavy atom. The molecule has 2 fully saturated rings. The van der Waals surface area contributed by atoms with Crippen molar-refractivity contribution in [2.75, 3.05) is 6.61 Å². The summed E-state index contributed by atoms with van der Waals surface area (Å²) in [4.78, 5) is 37.4. The van der Waals surface area contributed by atoms with Crippen molar-refractivity contribution in [1.29, 1.82) is 0 Å². The normalized spacial score (nSPS) is 19.7. The van der Waals surface area contributed by atoms with Crippen LogP contribution in [0.3, 0.4) is 0 Å². The number of rotatable bonds is 8. The number of aliphatic carboxylic acids is 1. The van der Waals surface area contributed by atoms with E-state index in [-0.39, 0.29) is 30.8 Å². The minimum atomic E-state index is -1.04. The van der Waals surface area contributed by atoms with E-state index in [0.29, 0.717) is 12.8 Å². The van der Waals surface area contributed by atoms with Gasteiger partial charge < -0.3 is 20.5 Å². The predicted molar refractivity (Wildman–Crippen MR) is 126 cm³/mol. The van der Waals surface area contributed by atoms with E-state index >= 15 is 0 Å². The first kappa shape index (κ1) is 22.4. The van der Waals surface area contributed by atoms with E-state index in [4.69, 9.17) is 4.74 Å². The first-order chi connectivity index (χ1) is 16.3. The molecule has 3 aliphatic rings. The molecule has 7 nitrogen and oxygen atoms in total. The van der Waals surface area contributed by atoms with Crippen molar-refractivity contribution < 1.29 is 24.2 Å². The van der Waals surface area contributed by atoms with E-state index in [1.165, 1.54) is 0 Å². The number of amides is 2. The molecule has 0 bridgehead atoms. The second-order valence-electron chi connectivity index (χ2n) is 10.1. The highest BCUT2D eigenvalue weighted by atomic mass is 16.5. The van der Waals surface area contributed by atoms with E-state index in [1.807, 2.05) is 24.3 Å². The Bertz CT molecular complexity index is 1090. The van der Waals surface area contributed by atoms with Crippen LogP contribution in [0.25, 0.3) is 11.1 Å². The summed E-state index contributed by atoms with van der Waals surface area (Å²) in [7, 11) is 0. The summed E-state index contributed by atoms with van der Waals surface area (Å²) in [5, 5.41) is 15.1. The van der Waals surface area contributed by atoms with Gasteiger partial charge in [0, 0.05) is 5.92 Å². The van der Waals surface area contributed by atoms with E-state index in [0.717, 1.165) is 41.5 Å². The number of alkyl carbamates (subject to hydrolysis) is 1. The molecule has 34 heavy (non-hydrogen) atoms. The van der Waals surface area contributed by atoms with Crippen molar-refractivity contribution in [3.63, 3.8) is 0 Å². The van der Waals surface area contributed by atoms with Gasteiger partial charge in [0.25, 0.3) is 0 Å². The average molecular weight is 463 g/mol. The van der Waals surface area contributed by atoms with Crippen LogP contribution < -0.4 is 10.6 Å². The molecule has 5 rings (SSSR count). The number of carbonyl (C=O) groups is 3. The molecule has 2 aromatic carbocycles. The van der Waals surface area contributed by atoms with E-state index in [2.05, 4.69) is 34.9 Å². The Hall–Kier alpha value is -3.35. The first-order valence-corrected chi connectivity index (χ1v) is 12.0. The van der Waals surface area contributed by atoms with Crippen molar-refractivity contribution in [2.24, 2.45) is 5.92 Å². The Kier molecular flexibility index (Phi) is 5.58. The van der Waals surface area contributed by atoms with Gasteiger partial charge in [-0.2, -0.15) is 0 Å². The number of fused-ring (bicyclic) bond motifs is 3. The number of ether oxygens (including phenoxy) is 1. The number of carboxylic acids is 1. The molecule has 1 atom stereocenters. The molecule has 0 saturated heterocycles. The molecule has 0 aromatic heterocycles. The summed E-state index contributed by atoms with van der Waals surface area (Å²) in [6.45, 7) is 1.96. The zero-order valence-corrected chi connectivity index (χ0v) is 19.3. The van der Waals surface area contributed by atoms with Crippen LogP contribution in [-0.2, 0) is 14.3 Å². The predicted octanol–water partition coefficient (Wildman–Crippen LogP) is 4.21. The van der Waals surface area contributed by atoms with Gasteiger partial charge in [-0.15, -0.1) is 0 Å². The van der Waals surface area contributed by atoms with Crippen LogP contribution >= 0.6 is 0 Å². The Balaban J connectivity index is 1.25. The highest BCUT2D eigenvalue weighted by molar-refractivity contribution is 5.92. The molecule has 2 saturated carbocycles. The van der Waals surface area contributed by atoms with Crippen LogP contribution in [0.5, 0.6) is 0 Å². The maximum Gasteiger partial charge on any atom is 0.408 e. The largest absolute Gasteiger partial charge is 0.481 e. The van der Waals surface area contributed by atoms with Gasteiger partial charge >= 0.3 is 12.1 Å². The molecule has 2 aromatic rings. The number of benzene rings is 2. The van der Waals surface area contributed by atoms with Gasteiger partial charge in [0.15, 0.2) is 0 Å². The summed E-state index contributed by atoms with van der Waals surface area (Å²) >= 11 is 0. The van der Waals surface area contributed by atoms with Gasteiger partial charge in [-0.1, -0.05) is 48.5 Å². The maximum atomic E-state index is 13.2. The lowest BCUT2D eigenvalue weighted by atomic mass is 9.75. The van der Waals surface area contributed by atoms with Crippen LogP contribution in [0.1, 0.15) is 62.5 Å². The van der Waals surface area contributed by atoms with Crippen LogP contribution in [0.15, 0.2) is 48.5 Å². The van der Waals surface area contributed by atoms with Crippen LogP contribution in [0.2, 0.25) is 0 Å². The summed E-state index contributed by atoms with van der Waals surface area (Å²) in [5.74, 6) is -1.16. The van der Waals surface area contributed by atoms with E-state index in [9.17, 15) is 19.5 Å². The fraction of sp³-hybridized carbons (Fsp3) is 0.444. The fourth-order valence-corrected chi connectivity index (χ4v) is 5.47. The smallest absolute Gasteiger partial charge is 0.408 e. The summed E-state index contributed by atoms with van der Waals surface area (Å²) < 4.78 is 5.65. The summed E-state index contributed by atoms with van der Waals surface area (Å²) in [6, 6.07) is 16.3. The molecule has 0 spiro atoms. The average Bonchev–Trinajstić information content (AvgIpc) is 3.58. The SMILES string of the molecule is CC(CC(=O)O)(NC(=O)C1(NC(=O)OCC2c3ccccc3-c3ccccc32)CCC1)C1CC1. The molecule has 3 aliphatic carbocycles. The van der Waals surface area contributed by atoms with Crippen molar-refractivity contribution in [3.8, 4) is 11.1 Å². The number of carboxylic acid groups (broad SMARTS) is 1. The quantitative estimate of drug-likeness (QED) is 0.545. The Morgan fingerprint density at radius 3 is 2.12 bits per heavy atom. The molecular weight excluding hydrogens is 432 g/mol. The highest BCUT2D eigenvalue weighted by Gasteiger charge is 2.51. The summed E-state index contributed by atoms with van der Waals surface area (Å²) in [5.41, 5.74) is 2.70. The fourth-order valence-electron chi connectivity index (χ4n) is 5.47. The van der Waals surface area contributed by atoms with Crippen LogP contribution in [0.4, 0.5) is 4.79 Å². The minimum Gasteiger partial charge on any atom is -0.481 e. The van der Waals surface area contributed by atoms with Crippen molar-refractivity contribution in [3.05, 3.63) is 59.7 Å². The lowest BCUT2D eigenvalue weighted by Crippen LogP contribution is -2.66. The molecule has 1 unspecified atom stereocenters.